The van der Waals surface area contributed by atoms with E-state index in [1.807, 2.05) is 13.8 Å². The molecule has 0 saturated carbocycles. The topological polar surface area (TPSA) is 141 Å². The zero-order valence-corrected chi connectivity index (χ0v) is 22.4. The average molecular weight is 509 g/mol. The fraction of sp³-hybridized carbons (Fsp3) is 0.654. The van der Waals surface area contributed by atoms with Crippen LogP contribution >= 0.6 is 0 Å². The molecule has 0 fully saturated rings. The number of ether oxygens (including phenoxy) is 3. The number of carboxylic acids is 1. The Morgan fingerprint density at radius 3 is 2.22 bits per heavy atom. The van der Waals surface area contributed by atoms with Gasteiger partial charge in [-0.3, -0.25) is 19.7 Å². The maximum atomic E-state index is 13.5. The highest BCUT2D eigenvalue weighted by Crippen LogP contribution is 2.39. The van der Waals surface area contributed by atoms with Gasteiger partial charge in [0.05, 0.1) is 18.6 Å². The van der Waals surface area contributed by atoms with Crippen LogP contribution in [0.5, 0.6) is 0 Å². The molecule has 0 saturated heterocycles. The minimum absolute atomic E-state index is 0.0334. The summed E-state index contributed by atoms with van der Waals surface area (Å²) in [6, 6.07) is 3.04. The second-order valence-electron chi connectivity index (χ2n) is 9.70. The van der Waals surface area contributed by atoms with Crippen molar-refractivity contribution in [3.8, 4) is 0 Å². The number of esters is 2. The zero-order valence-electron chi connectivity index (χ0n) is 22.4. The molecule has 202 valence electrons. The van der Waals surface area contributed by atoms with Crippen molar-refractivity contribution in [3.05, 3.63) is 23.9 Å². The number of hydrogen-bond acceptors (Lipinski definition) is 8. The number of carboxylic acid groups (broad SMARTS) is 1. The molecular formula is C26H40N2O8. The monoisotopic (exact) mass is 508 g/mol. The van der Waals surface area contributed by atoms with Gasteiger partial charge in [0.25, 0.3) is 0 Å². The van der Waals surface area contributed by atoms with Crippen LogP contribution in [-0.2, 0) is 35.0 Å². The summed E-state index contributed by atoms with van der Waals surface area (Å²) in [5.41, 5.74) is -2.40. The number of nitrogens with one attached hydrogen (secondary N) is 1. The first-order chi connectivity index (χ1) is 16.8. The Kier molecular flexibility index (Phi) is 11.8. The van der Waals surface area contributed by atoms with E-state index in [4.69, 9.17) is 14.2 Å². The highest BCUT2D eigenvalue weighted by atomic mass is 16.6. The fourth-order valence-electron chi connectivity index (χ4n) is 3.59. The number of pyridine rings is 1. The predicted octanol–water partition coefficient (Wildman–Crippen LogP) is 4.75. The first-order valence-electron chi connectivity index (χ1n) is 12.4. The van der Waals surface area contributed by atoms with Crippen molar-refractivity contribution >= 4 is 29.8 Å². The molecule has 1 heterocycles. The SMILES string of the molecule is CCCCC(C(=O)O)C(Cc1ccc(NC(=O)OC(C)(C)C)nc1)(C(=O)OCC)C(=O)OC(C)CC. The first kappa shape index (κ1) is 30.9. The molecule has 2 N–H and O–H groups in total. The van der Waals surface area contributed by atoms with Gasteiger partial charge in [-0.1, -0.05) is 32.8 Å². The number of amides is 1. The molecule has 10 nitrogen and oxygen atoms in total. The Bertz CT molecular complexity index is 894. The molecule has 3 unspecified atom stereocenters. The minimum Gasteiger partial charge on any atom is -0.481 e. The van der Waals surface area contributed by atoms with Crippen LogP contribution in [0.2, 0.25) is 0 Å². The van der Waals surface area contributed by atoms with Gasteiger partial charge in [-0.15, -0.1) is 0 Å². The second kappa shape index (κ2) is 13.8. The number of carbonyl (C=O) groups excluding carboxylic acids is 3. The quantitative estimate of drug-likeness (QED) is 0.219. The van der Waals surface area contributed by atoms with Crippen LogP contribution in [0.15, 0.2) is 18.3 Å². The highest BCUT2D eigenvalue weighted by molar-refractivity contribution is 6.04. The van der Waals surface area contributed by atoms with Crippen molar-refractivity contribution in [1.82, 2.24) is 4.98 Å². The Morgan fingerprint density at radius 1 is 1.08 bits per heavy atom. The lowest BCUT2D eigenvalue weighted by atomic mass is 9.69. The van der Waals surface area contributed by atoms with Crippen molar-refractivity contribution in [2.45, 2.75) is 92.3 Å². The van der Waals surface area contributed by atoms with Gasteiger partial charge < -0.3 is 19.3 Å². The smallest absolute Gasteiger partial charge is 0.413 e. The van der Waals surface area contributed by atoms with Gasteiger partial charge >= 0.3 is 24.0 Å². The van der Waals surface area contributed by atoms with Gasteiger partial charge in [0, 0.05) is 12.6 Å². The van der Waals surface area contributed by atoms with Gasteiger partial charge in [-0.25, -0.2) is 9.78 Å². The Hall–Kier alpha value is -3.17. The molecule has 0 spiro atoms. The van der Waals surface area contributed by atoms with Crippen LogP contribution in [0.3, 0.4) is 0 Å². The van der Waals surface area contributed by atoms with Crippen molar-refractivity contribution in [3.63, 3.8) is 0 Å². The molecular weight excluding hydrogens is 468 g/mol. The predicted molar refractivity (Wildman–Crippen MR) is 133 cm³/mol. The largest absolute Gasteiger partial charge is 0.481 e. The van der Waals surface area contributed by atoms with E-state index in [0.717, 1.165) is 0 Å². The molecule has 0 aliphatic heterocycles. The Balaban J connectivity index is 3.46. The van der Waals surface area contributed by atoms with Crippen molar-refractivity contribution < 1.29 is 38.5 Å². The summed E-state index contributed by atoms with van der Waals surface area (Å²) in [4.78, 5) is 55.5. The highest BCUT2D eigenvalue weighted by Gasteiger charge is 2.58. The molecule has 0 aromatic carbocycles. The van der Waals surface area contributed by atoms with Crippen LogP contribution in [0.4, 0.5) is 10.6 Å². The third-order valence-electron chi connectivity index (χ3n) is 5.56. The van der Waals surface area contributed by atoms with Gasteiger partial charge in [-0.2, -0.15) is 0 Å². The van der Waals surface area contributed by atoms with E-state index in [2.05, 4.69) is 10.3 Å². The van der Waals surface area contributed by atoms with Gasteiger partial charge in [0.2, 0.25) is 0 Å². The van der Waals surface area contributed by atoms with E-state index >= 15 is 0 Å². The molecule has 0 radical (unpaired) electrons. The molecule has 1 aromatic heterocycles. The van der Waals surface area contributed by atoms with Crippen molar-refractivity contribution in [1.29, 1.82) is 0 Å². The molecule has 1 aromatic rings. The van der Waals surface area contributed by atoms with E-state index in [9.17, 15) is 24.3 Å². The number of anilines is 1. The number of hydrogen-bond donors (Lipinski definition) is 2. The van der Waals surface area contributed by atoms with Crippen molar-refractivity contribution in [2.75, 3.05) is 11.9 Å². The van der Waals surface area contributed by atoms with Gasteiger partial charge in [0.15, 0.2) is 5.41 Å². The summed E-state index contributed by atoms with van der Waals surface area (Å²) in [6.45, 7) is 12.1. The number of rotatable bonds is 13. The molecule has 10 heteroatoms. The van der Waals surface area contributed by atoms with Gasteiger partial charge in [-0.05, 0) is 59.1 Å². The second-order valence-corrected chi connectivity index (χ2v) is 9.70. The molecule has 0 bridgehead atoms. The fourth-order valence-corrected chi connectivity index (χ4v) is 3.59. The van der Waals surface area contributed by atoms with E-state index < -0.39 is 47.0 Å². The molecule has 0 aliphatic rings. The minimum atomic E-state index is -2.11. The van der Waals surface area contributed by atoms with Gasteiger partial charge in [0.1, 0.15) is 11.4 Å². The third-order valence-corrected chi connectivity index (χ3v) is 5.56. The third kappa shape index (κ3) is 8.80. The van der Waals surface area contributed by atoms with Crippen molar-refractivity contribution in [2.24, 2.45) is 11.3 Å². The van der Waals surface area contributed by atoms with E-state index in [0.29, 0.717) is 24.8 Å². The standard InChI is InChI=1S/C26H40N2O8/c1-8-11-12-19(21(29)30)26(22(31)34-10-3,23(32)35-17(4)9-2)15-18-13-14-20(27-16-18)28-24(33)36-25(5,6)7/h13-14,16-17,19H,8-12,15H2,1-7H3,(H,29,30)(H,27,28,33). The molecule has 3 atom stereocenters. The number of unbranched alkanes of at least 4 members (excludes halogenated alkanes) is 1. The zero-order chi connectivity index (χ0) is 27.5. The summed E-state index contributed by atoms with van der Waals surface area (Å²) < 4.78 is 16.0. The number of nitrogens with zero attached hydrogens (tertiary/aromatic N) is 1. The lowest BCUT2D eigenvalue weighted by molar-refractivity contribution is -0.185. The van der Waals surface area contributed by atoms with Crippen LogP contribution in [0.25, 0.3) is 0 Å². The van der Waals surface area contributed by atoms with Crippen LogP contribution in [0, 0.1) is 11.3 Å². The maximum absolute atomic E-state index is 13.5. The van der Waals surface area contributed by atoms with Crippen LogP contribution in [-0.4, -0.2) is 52.4 Å². The lowest BCUT2D eigenvalue weighted by Gasteiger charge is -2.35. The lowest BCUT2D eigenvalue weighted by Crippen LogP contribution is -2.52. The Morgan fingerprint density at radius 2 is 1.75 bits per heavy atom. The molecule has 1 rings (SSSR count). The number of carbonyl (C=O) groups is 4. The summed E-state index contributed by atoms with van der Waals surface area (Å²) in [5.74, 6) is -4.34. The normalized spacial score (nSPS) is 14.6. The Labute approximate surface area is 213 Å². The number of aliphatic carboxylic acids is 1. The summed E-state index contributed by atoms with van der Waals surface area (Å²) in [7, 11) is 0. The van der Waals surface area contributed by atoms with E-state index in [1.165, 1.54) is 12.3 Å². The summed E-state index contributed by atoms with van der Waals surface area (Å²) in [6.07, 6.45) is 1.62. The number of aromatic nitrogens is 1. The molecule has 0 aliphatic carbocycles. The summed E-state index contributed by atoms with van der Waals surface area (Å²) >= 11 is 0. The summed E-state index contributed by atoms with van der Waals surface area (Å²) in [5, 5.41) is 12.6. The van der Waals surface area contributed by atoms with Crippen LogP contribution in [0.1, 0.15) is 79.7 Å². The molecule has 1 amide bonds. The first-order valence-corrected chi connectivity index (χ1v) is 12.4. The van der Waals surface area contributed by atoms with E-state index in [-0.39, 0.29) is 25.3 Å². The average Bonchev–Trinajstić information content (AvgIpc) is 2.78. The maximum Gasteiger partial charge on any atom is 0.413 e. The van der Waals surface area contributed by atoms with E-state index in [1.54, 1.807) is 40.7 Å². The van der Waals surface area contributed by atoms with Crippen LogP contribution < -0.4 is 5.32 Å². The molecule has 36 heavy (non-hydrogen) atoms.